The van der Waals surface area contributed by atoms with Gasteiger partial charge in [0.1, 0.15) is 0 Å². The predicted octanol–water partition coefficient (Wildman–Crippen LogP) is 4.07. The van der Waals surface area contributed by atoms with Gasteiger partial charge in [0.25, 0.3) is 0 Å². The quantitative estimate of drug-likeness (QED) is 0.295. The summed E-state index contributed by atoms with van der Waals surface area (Å²) in [4.78, 5) is 11.4. The lowest BCUT2D eigenvalue weighted by molar-refractivity contribution is 0.292. The molecule has 2 N–H and O–H groups in total. The highest BCUT2D eigenvalue weighted by molar-refractivity contribution is 14.0. The minimum absolute atomic E-state index is 0. The van der Waals surface area contributed by atoms with Crippen molar-refractivity contribution in [1.29, 1.82) is 0 Å². The van der Waals surface area contributed by atoms with E-state index >= 15 is 0 Å². The zero-order valence-corrected chi connectivity index (χ0v) is 20.1. The molecule has 28 heavy (non-hydrogen) atoms. The number of aliphatic imine (C=N–C) groups is 1. The van der Waals surface area contributed by atoms with Crippen LogP contribution in [0.5, 0.6) is 0 Å². The fourth-order valence-corrected chi connectivity index (χ4v) is 3.35. The molecule has 0 fully saturated rings. The van der Waals surface area contributed by atoms with Crippen LogP contribution in [0, 0.1) is 0 Å². The van der Waals surface area contributed by atoms with Crippen LogP contribution in [-0.2, 0) is 6.42 Å². The molecule has 0 bridgehead atoms. The molecular weight excluding hydrogens is 461 g/mol. The van der Waals surface area contributed by atoms with Crippen molar-refractivity contribution in [2.75, 3.05) is 33.2 Å². The molecule has 0 aliphatic carbocycles. The zero-order valence-electron chi connectivity index (χ0n) is 17.7. The van der Waals surface area contributed by atoms with Gasteiger partial charge < -0.3 is 15.5 Å². The smallest absolute Gasteiger partial charge is 0.191 e. The Morgan fingerprint density at radius 2 is 1.93 bits per heavy atom. The van der Waals surface area contributed by atoms with Crippen molar-refractivity contribution in [2.45, 2.75) is 46.1 Å². The van der Waals surface area contributed by atoms with E-state index in [0.29, 0.717) is 6.04 Å². The van der Waals surface area contributed by atoms with E-state index in [1.54, 1.807) is 0 Å². The number of aromatic nitrogens is 1. The molecule has 0 spiro atoms. The second kappa shape index (κ2) is 13.7. The van der Waals surface area contributed by atoms with Crippen LogP contribution in [0.4, 0.5) is 0 Å². The SMILES string of the molecule is CCN(CC)CCCC(C)NC(=NC)NCCc1cccc2cccnc12.I. The van der Waals surface area contributed by atoms with E-state index in [1.165, 1.54) is 23.9 Å². The zero-order chi connectivity index (χ0) is 19.5. The molecule has 2 aromatic rings. The minimum Gasteiger partial charge on any atom is -0.356 e. The highest BCUT2D eigenvalue weighted by Crippen LogP contribution is 2.15. The Morgan fingerprint density at radius 1 is 1.18 bits per heavy atom. The molecule has 0 amide bonds. The average Bonchev–Trinajstić information content (AvgIpc) is 2.70. The highest BCUT2D eigenvalue weighted by atomic mass is 127. The first-order chi connectivity index (χ1) is 13.2. The summed E-state index contributed by atoms with van der Waals surface area (Å²) in [6, 6.07) is 10.9. The monoisotopic (exact) mass is 497 g/mol. The van der Waals surface area contributed by atoms with Gasteiger partial charge in [-0.15, -0.1) is 24.0 Å². The minimum atomic E-state index is 0. The molecule has 0 aliphatic heterocycles. The van der Waals surface area contributed by atoms with Crippen molar-refractivity contribution in [2.24, 2.45) is 4.99 Å². The molecule has 2 rings (SSSR count). The first-order valence-corrected chi connectivity index (χ1v) is 10.2. The number of rotatable bonds is 10. The van der Waals surface area contributed by atoms with Gasteiger partial charge in [0, 0.05) is 31.2 Å². The Balaban J connectivity index is 0.00000392. The Hall–Kier alpha value is -1.41. The summed E-state index contributed by atoms with van der Waals surface area (Å²) in [6.45, 7) is 10.9. The second-order valence-electron chi connectivity index (χ2n) is 6.96. The molecule has 1 atom stereocenters. The first kappa shape index (κ1) is 24.6. The van der Waals surface area contributed by atoms with Gasteiger partial charge in [0.2, 0.25) is 0 Å². The van der Waals surface area contributed by atoms with Crippen molar-refractivity contribution in [1.82, 2.24) is 20.5 Å². The number of hydrogen-bond donors (Lipinski definition) is 2. The molecule has 0 aliphatic rings. The highest BCUT2D eigenvalue weighted by Gasteiger charge is 2.07. The van der Waals surface area contributed by atoms with Crippen LogP contribution in [0.1, 0.15) is 39.2 Å². The molecule has 1 unspecified atom stereocenters. The van der Waals surface area contributed by atoms with Gasteiger partial charge in [-0.1, -0.05) is 38.1 Å². The maximum absolute atomic E-state index is 4.53. The van der Waals surface area contributed by atoms with Gasteiger partial charge >= 0.3 is 0 Å². The average molecular weight is 497 g/mol. The van der Waals surface area contributed by atoms with Crippen molar-refractivity contribution in [3.8, 4) is 0 Å². The third kappa shape index (κ3) is 7.91. The van der Waals surface area contributed by atoms with Gasteiger partial charge in [0.15, 0.2) is 5.96 Å². The predicted molar refractivity (Wildman–Crippen MR) is 132 cm³/mol. The lowest BCUT2D eigenvalue weighted by Gasteiger charge is -2.21. The van der Waals surface area contributed by atoms with Crippen LogP contribution in [0.25, 0.3) is 10.9 Å². The fourth-order valence-electron chi connectivity index (χ4n) is 3.35. The summed E-state index contributed by atoms with van der Waals surface area (Å²) >= 11 is 0. The topological polar surface area (TPSA) is 52.5 Å². The van der Waals surface area contributed by atoms with Gasteiger partial charge in [-0.25, -0.2) is 0 Å². The Bertz CT molecular complexity index is 710. The number of benzene rings is 1. The van der Waals surface area contributed by atoms with Crippen LogP contribution >= 0.6 is 24.0 Å². The lowest BCUT2D eigenvalue weighted by atomic mass is 10.1. The summed E-state index contributed by atoms with van der Waals surface area (Å²) in [5.41, 5.74) is 2.36. The molecule has 156 valence electrons. The van der Waals surface area contributed by atoms with Crippen molar-refractivity contribution in [3.63, 3.8) is 0 Å². The number of pyridine rings is 1. The summed E-state index contributed by atoms with van der Waals surface area (Å²) in [7, 11) is 1.83. The standard InChI is InChI=1S/C22H35N5.HI/c1-5-27(6-2)17-9-10-18(3)26-22(23-4)25-16-14-20-12-7-11-19-13-8-15-24-21(19)20;/h7-8,11-13,15,18H,5-6,9-10,14,16-17H2,1-4H3,(H2,23,25,26);1H. The third-order valence-corrected chi connectivity index (χ3v) is 5.02. The van der Waals surface area contributed by atoms with Gasteiger partial charge in [-0.3, -0.25) is 9.98 Å². The number of para-hydroxylation sites is 1. The molecule has 0 saturated heterocycles. The Kier molecular flexibility index (Phi) is 12.1. The first-order valence-electron chi connectivity index (χ1n) is 10.2. The van der Waals surface area contributed by atoms with Crippen LogP contribution in [0.15, 0.2) is 41.5 Å². The van der Waals surface area contributed by atoms with E-state index in [-0.39, 0.29) is 24.0 Å². The van der Waals surface area contributed by atoms with Gasteiger partial charge in [-0.05, 0) is 57.5 Å². The molecule has 1 aromatic carbocycles. The maximum Gasteiger partial charge on any atom is 0.191 e. The van der Waals surface area contributed by atoms with Gasteiger partial charge in [0.05, 0.1) is 5.52 Å². The van der Waals surface area contributed by atoms with E-state index in [0.717, 1.165) is 44.0 Å². The van der Waals surface area contributed by atoms with Crippen LogP contribution in [0.2, 0.25) is 0 Å². The number of halogens is 1. The van der Waals surface area contributed by atoms with E-state index in [2.05, 4.69) is 70.5 Å². The summed E-state index contributed by atoms with van der Waals surface area (Å²) in [5.74, 6) is 0.874. The second-order valence-corrected chi connectivity index (χ2v) is 6.96. The van der Waals surface area contributed by atoms with Gasteiger partial charge in [-0.2, -0.15) is 0 Å². The molecule has 0 saturated carbocycles. The maximum atomic E-state index is 4.53. The van der Waals surface area contributed by atoms with Crippen LogP contribution in [-0.4, -0.2) is 55.1 Å². The van der Waals surface area contributed by atoms with Crippen molar-refractivity contribution in [3.05, 3.63) is 42.1 Å². The molecule has 5 nitrogen and oxygen atoms in total. The molecule has 6 heteroatoms. The van der Waals surface area contributed by atoms with Crippen molar-refractivity contribution >= 4 is 40.8 Å². The largest absolute Gasteiger partial charge is 0.356 e. The van der Waals surface area contributed by atoms with Crippen molar-refractivity contribution < 1.29 is 0 Å². The molecular formula is C22H36IN5. The normalized spacial score (nSPS) is 12.7. The number of fused-ring (bicyclic) bond motifs is 1. The Morgan fingerprint density at radius 3 is 2.64 bits per heavy atom. The number of nitrogens with one attached hydrogen (secondary N) is 2. The number of nitrogens with zero attached hydrogens (tertiary/aromatic N) is 3. The molecule has 0 radical (unpaired) electrons. The lowest BCUT2D eigenvalue weighted by Crippen LogP contribution is -2.43. The van der Waals surface area contributed by atoms with Crippen LogP contribution < -0.4 is 10.6 Å². The number of guanidine groups is 1. The summed E-state index contributed by atoms with van der Waals surface area (Å²) in [5, 5.41) is 8.13. The number of hydrogen-bond acceptors (Lipinski definition) is 3. The van der Waals surface area contributed by atoms with E-state index in [4.69, 9.17) is 0 Å². The molecule has 1 aromatic heterocycles. The summed E-state index contributed by atoms with van der Waals surface area (Å²) in [6.07, 6.45) is 5.13. The van der Waals surface area contributed by atoms with Crippen LogP contribution in [0.3, 0.4) is 0 Å². The fraction of sp³-hybridized carbons (Fsp3) is 0.545. The van der Waals surface area contributed by atoms with E-state index < -0.39 is 0 Å². The molecule has 1 heterocycles. The Labute approximate surface area is 187 Å². The summed E-state index contributed by atoms with van der Waals surface area (Å²) < 4.78 is 0. The third-order valence-electron chi connectivity index (χ3n) is 5.02. The van der Waals surface area contributed by atoms with E-state index in [9.17, 15) is 0 Å². The van der Waals surface area contributed by atoms with E-state index in [1.807, 2.05) is 19.3 Å².